The Morgan fingerprint density at radius 1 is 0.917 bits per heavy atom. The molecule has 0 aliphatic carbocycles. The van der Waals surface area contributed by atoms with Gasteiger partial charge in [-0.15, -0.1) is 10.2 Å². The van der Waals surface area contributed by atoms with E-state index in [1.165, 1.54) is 6.07 Å². The molecule has 1 amide bonds. The molecule has 11 heteroatoms. The van der Waals surface area contributed by atoms with Gasteiger partial charge in [-0.1, -0.05) is 42.0 Å². The molecule has 0 heterocycles. The van der Waals surface area contributed by atoms with Crippen LogP contribution < -0.4 is 34.9 Å². The third kappa shape index (κ3) is 5.75. The van der Waals surface area contributed by atoms with E-state index < -0.39 is 32.4 Å². The molecule has 9 nitrogen and oxygen atoms in total. The topological polar surface area (TPSA) is 149 Å². The van der Waals surface area contributed by atoms with Crippen molar-refractivity contribution in [1.29, 1.82) is 0 Å². The van der Waals surface area contributed by atoms with Gasteiger partial charge in [-0.05, 0) is 55.1 Å². The van der Waals surface area contributed by atoms with Gasteiger partial charge in [-0.3, -0.25) is 9.35 Å². The monoisotopic (exact) mass is 514 g/mol. The number of hydrogen-bond donors (Lipinski definition) is 4. The molecule has 0 aliphatic heterocycles. The molecule has 4 aromatic carbocycles. The number of azo groups is 1. The minimum absolute atomic E-state index is 0. The molecule has 0 unspecified atom stereocenters. The zero-order valence-corrected chi connectivity index (χ0v) is 22.5. The molecular weight excluding hydrogens is 493 g/mol. The summed E-state index contributed by atoms with van der Waals surface area (Å²) in [5, 5.41) is 32.8. The molecule has 4 N–H and O–H groups in total. The molecule has 0 saturated carbocycles. The van der Waals surface area contributed by atoms with E-state index in [4.69, 9.17) is 0 Å². The Labute approximate surface area is 229 Å². The van der Waals surface area contributed by atoms with Crippen LogP contribution in [0.3, 0.4) is 0 Å². The summed E-state index contributed by atoms with van der Waals surface area (Å²) in [5.41, 5.74) is 2.13. The molecule has 36 heavy (non-hydrogen) atoms. The molecule has 0 aliphatic rings. The number of nitrogens with one attached hydrogen (secondary N) is 1. The molecule has 0 bridgehead atoms. The van der Waals surface area contributed by atoms with Gasteiger partial charge in [-0.2, -0.15) is 8.42 Å². The number of nitrogens with zero attached hydrogens (tertiary/aromatic N) is 2. The van der Waals surface area contributed by atoms with E-state index in [1.807, 2.05) is 26.0 Å². The summed E-state index contributed by atoms with van der Waals surface area (Å²) in [5.74, 6) is -1.40. The van der Waals surface area contributed by atoms with Crippen LogP contribution in [0.15, 0.2) is 81.9 Å². The molecule has 0 saturated heterocycles. The number of benzene rings is 4. The van der Waals surface area contributed by atoms with Crippen molar-refractivity contribution in [1.82, 2.24) is 0 Å². The Morgan fingerprint density at radius 2 is 1.64 bits per heavy atom. The third-order valence-electron chi connectivity index (χ3n) is 5.37. The van der Waals surface area contributed by atoms with Gasteiger partial charge in [-0.25, -0.2) is 0 Å². The number of phenolic OH excluding ortho intramolecular Hbond substituents is 2. The van der Waals surface area contributed by atoms with Crippen molar-refractivity contribution in [3.63, 3.8) is 0 Å². The molecule has 0 radical (unpaired) electrons. The van der Waals surface area contributed by atoms with Gasteiger partial charge in [0.2, 0.25) is 0 Å². The summed E-state index contributed by atoms with van der Waals surface area (Å²) in [6, 6.07) is 16.9. The number of hydrogen-bond acceptors (Lipinski definition) is 7. The second-order valence-electron chi connectivity index (χ2n) is 7.94. The molecular formula is C25H21N3NaO6S+. The molecule has 0 atom stereocenters. The number of aryl methyl sites for hydroxylation is 2. The van der Waals surface area contributed by atoms with Crippen LogP contribution in [0.5, 0.6) is 11.5 Å². The van der Waals surface area contributed by atoms with E-state index in [0.29, 0.717) is 16.5 Å². The summed E-state index contributed by atoms with van der Waals surface area (Å²) >= 11 is 0. The Morgan fingerprint density at radius 3 is 2.33 bits per heavy atom. The maximum absolute atomic E-state index is 13.1. The normalized spacial score (nSPS) is 11.4. The van der Waals surface area contributed by atoms with E-state index >= 15 is 0 Å². The Hall–Kier alpha value is -3.28. The van der Waals surface area contributed by atoms with Gasteiger partial charge in [0, 0.05) is 11.1 Å². The van der Waals surface area contributed by atoms with Crippen LogP contribution >= 0.6 is 0 Å². The second kappa shape index (κ2) is 10.8. The van der Waals surface area contributed by atoms with Gasteiger partial charge in [0.05, 0.1) is 10.5 Å². The second-order valence-corrected chi connectivity index (χ2v) is 9.36. The number of aromatic hydroxyl groups is 2. The maximum Gasteiger partial charge on any atom is 1.00 e. The predicted molar refractivity (Wildman–Crippen MR) is 132 cm³/mol. The number of phenols is 2. The molecule has 0 spiro atoms. The summed E-state index contributed by atoms with van der Waals surface area (Å²) in [6.45, 7) is 3.80. The van der Waals surface area contributed by atoms with Gasteiger partial charge < -0.3 is 15.5 Å². The average Bonchev–Trinajstić information content (AvgIpc) is 2.80. The molecule has 4 aromatic rings. The standard InChI is InChI=1S/C25H21N3O6S.Na/c1-14-7-9-20(15(2)11-14)26-25(31)19-12-16-5-3-4-6-18(16)23(24(19)30)28-27-21-13-17(35(32,33)34)8-10-22(21)29;/h3-13,29-30H,1-2H3,(H,26,31)(H,32,33,34);/q;+1. The summed E-state index contributed by atoms with van der Waals surface area (Å²) in [4.78, 5) is 12.6. The van der Waals surface area contributed by atoms with Crippen molar-refractivity contribution in [3.05, 3.63) is 83.4 Å². The van der Waals surface area contributed by atoms with Crippen LogP contribution in [0.25, 0.3) is 10.8 Å². The fourth-order valence-corrected chi connectivity index (χ4v) is 4.08. The van der Waals surface area contributed by atoms with Crippen LogP contribution in [-0.4, -0.2) is 29.1 Å². The number of rotatable bonds is 5. The smallest absolute Gasteiger partial charge is 0.506 e. The van der Waals surface area contributed by atoms with E-state index in [9.17, 15) is 28.0 Å². The number of anilines is 1. The molecule has 0 fully saturated rings. The average molecular weight is 515 g/mol. The minimum atomic E-state index is -4.54. The van der Waals surface area contributed by atoms with Crippen LogP contribution in [0.4, 0.5) is 17.1 Å². The van der Waals surface area contributed by atoms with Gasteiger partial charge in [0.1, 0.15) is 17.1 Å². The number of carbonyl (C=O) groups excluding carboxylic acids is 1. The third-order valence-corrected chi connectivity index (χ3v) is 6.22. The summed E-state index contributed by atoms with van der Waals surface area (Å²) in [6.07, 6.45) is 0. The van der Waals surface area contributed by atoms with Crippen LogP contribution in [-0.2, 0) is 10.1 Å². The number of carbonyl (C=O) groups is 1. The Kier molecular flexibility index (Phi) is 8.17. The first-order valence-electron chi connectivity index (χ1n) is 10.4. The van der Waals surface area contributed by atoms with Crippen molar-refractivity contribution >= 4 is 43.9 Å². The van der Waals surface area contributed by atoms with Crippen molar-refractivity contribution in [2.45, 2.75) is 18.7 Å². The van der Waals surface area contributed by atoms with Crippen LogP contribution in [0, 0.1) is 13.8 Å². The van der Waals surface area contributed by atoms with Crippen molar-refractivity contribution in [3.8, 4) is 11.5 Å². The van der Waals surface area contributed by atoms with Crippen molar-refractivity contribution in [2.24, 2.45) is 10.2 Å². The van der Waals surface area contributed by atoms with E-state index in [0.717, 1.165) is 29.3 Å². The quantitative estimate of drug-likeness (QED) is 0.183. The minimum Gasteiger partial charge on any atom is -0.506 e. The molecule has 4 rings (SSSR count). The summed E-state index contributed by atoms with van der Waals surface area (Å²) in [7, 11) is -4.54. The first-order chi connectivity index (χ1) is 16.5. The summed E-state index contributed by atoms with van der Waals surface area (Å²) < 4.78 is 32.1. The maximum atomic E-state index is 13.1. The van der Waals surface area contributed by atoms with Crippen LogP contribution in [0.1, 0.15) is 21.5 Å². The largest absolute Gasteiger partial charge is 1.00 e. The molecule has 0 aromatic heterocycles. The van der Waals surface area contributed by atoms with Crippen LogP contribution in [0.2, 0.25) is 0 Å². The van der Waals surface area contributed by atoms with Gasteiger partial charge >= 0.3 is 29.6 Å². The van der Waals surface area contributed by atoms with Crippen molar-refractivity contribution in [2.75, 3.05) is 5.32 Å². The fraction of sp³-hybridized carbons (Fsp3) is 0.0800. The number of fused-ring (bicyclic) bond motifs is 1. The number of amides is 1. The first-order valence-corrected chi connectivity index (χ1v) is 11.8. The van der Waals surface area contributed by atoms with E-state index in [1.54, 1.807) is 30.3 Å². The SMILES string of the molecule is Cc1ccc(NC(=O)c2cc3ccccc3c(N=Nc3cc(S(=O)(=O)O)ccc3O)c2O)c(C)c1.[Na+]. The zero-order chi connectivity index (χ0) is 25.3. The first kappa shape index (κ1) is 27.3. The fourth-order valence-electron chi connectivity index (χ4n) is 3.58. The zero-order valence-electron chi connectivity index (χ0n) is 19.7. The Balaban J connectivity index is 0.00000361. The van der Waals surface area contributed by atoms with Crippen molar-refractivity contribution < 1.29 is 57.5 Å². The van der Waals surface area contributed by atoms with Gasteiger partial charge in [0.25, 0.3) is 16.0 Å². The van der Waals surface area contributed by atoms with Gasteiger partial charge in [0.15, 0.2) is 5.75 Å². The van der Waals surface area contributed by atoms with E-state index in [-0.39, 0.29) is 46.5 Å². The Bertz CT molecular complexity index is 1620. The van der Waals surface area contributed by atoms with E-state index in [2.05, 4.69) is 15.5 Å². The predicted octanol–water partition coefficient (Wildman–Crippen LogP) is 2.79. The molecule has 178 valence electrons.